The average Bonchev–Trinajstić information content (AvgIpc) is 2.55. The Kier molecular flexibility index (Phi) is 3.01. The zero-order chi connectivity index (χ0) is 14.3. The first-order valence-electron chi connectivity index (χ1n) is 5.93. The molecule has 6 heteroatoms. The van der Waals surface area contributed by atoms with Gasteiger partial charge in [-0.15, -0.1) is 0 Å². The molecular formula is C13H17N5O. The van der Waals surface area contributed by atoms with E-state index in [1.54, 1.807) is 4.68 Å². The van der Waals surface area contributed by atoms with Gasteiger partial charge in [-0.05, 0) is 39.3 Å². The fourth-order valence-electron chi connectivity index (χ4n) is 2.14. The predicted molar refractivity (Wildman–Crippen MR) is 73.2 cm³/mol. The van der Waals surface area contributed by atoms with Crippen LogP contribution >= 0.6 is 0 Å². The second-order valence-electron chi connectivity index (χ2n) is 4.64. The average molecular weight is 259 g/mol. The molecule has 0 saturated carbocycles. The minimum atomic E-state index is -0.522. The fraction of sp³-hybridized carbons (Fsp3) is 0.308. The van der Waals surface area contributed by atoms with Gasteiger partial charge in [0, 0.05) is 5.69 Å². The third-order valence-corrected chi connectivity index (χ3v) is 3.12. The molecule has 2 aromatic heterocycles. The monoisotopic (exact) mass is 259 g/mol. The van der Waals surface area contributed by atoms with Crippen molar-refractivity contribution in [3.8, 4) is 5.82 Å². The molecule has 6 nitrogen and oxygen atoms in total. The second kappa shape index (κ2) is 4.38. The highest BCUT2D eigenvalue weighted by atomic mass is 16.1. The maximum absolute atomic E-state index is 11.6. The summed E-state index contributed by atoms with van der Waals surface area (Å²) in [5.74, 6) is -0.0894. The molecule has 2 aromatic rings. The molecule has 0 aliphatic rings. The Labute approximate surface area is 111 Å². The molecule has 1 amide bonds. The van der Waals surface area contributed by atoms with Crippen LogP contribution in [0.2, 0.25) is 0 Å². The van der Waals surface area contributed by atoms with E-state index in [0.717, 1.165) is 17.0 Å². The van der Waals surface area contributed by atoms with E-state index in [4.69, 9.17) is 11.5 Å². The van der Waals surface area contributed by atoms with E-state index < -0.39 is 5.91 Å². The number of anilines is 1. The van der Waals surface area contributed by atoms with Gasteiger partial charge in [-0.3, -0.25) is 4.79 Å². The summed E-state index contributed by atoms with van der Waals surface area (Å²) in [5.41, 5.74) is 15.4. The van der Waals surface area contributed by atoms with Crippen molar-refractivity contribution in [1.29, 1.82) is 0 Å². The topological polar surface area (TPSA) is 99.8 Å². The normalized spacial score (nSPS) is 10.7. The number of hydrogen-bond donors (Lipinski definition) is 2. The molecule has 0 atom stereocenters. The number of pyridine rings is 1. The third kappa shape index (κ3) is 2.05. The van der Waals surface area contributed by atoms with Crippen LogP contribution in [0.1, 0.15) is 33.0 Å². The second-order valence-corrected chi connectivity index (χ2v) is 4.64. The van der Waals surface area contributed by atoms with Gasteiger partial charge in [0.15, 0.2) is 5.82 Å². The van der Waals surface area contributed by atoms with Gasteiger partial charge in [0.2, 0.25) is 0 Å². The molecule has 0 aromatic carbocycles. The lowest BCUT2D eigenvalue weighted by molar-refractivity contribution is 0.0999. The Morgan fingerprint density at radius 1 is 1.26 bits per heavy atom. The number of rotatable bonds is 2. The lowest BCUT2D eigenvalue weighted by Gasteiger charge is -2.11. The minimum Gasteiger partial charge on any atom is -0.396 e. The number of carbonyl (C=O) groups is 1. The lowest BCUT2D eigenvalue weighted by atomic mass is 10.1. The first kappa shape index (κ1) is 13.1. The number of aryl methyl sites for hydroxylation is 3. The molecule has 19 heavy (non-hydrogen) atoms. The van der Waals surface area contributed by atoms with E-state index in [-0.39, 0.29) is 0 Å². The zero-order valence-corrected chi connectivity index (χ0v) is 11.5. The Morgan fingerprint density at radius 2 is 1.89 bits per heavy atom. The Bertz CT molecular complexity index is 672. The quantitative estimate of drug-likeness (QED) is 0.845. The number of primary amides is 1. The van der Waals surface area contributed by atoms with Gasteiger partial charge in [0.05, 0.1) is 22.6 Å². The molecule has 0 bridgehead atoms. The molecule has 0 saturated heterocycles. The van der Waals surface area contributed by atoms with Crippen LogP contribution in [0.15, 0.2) is 6.07 Å². The predicted octanol–water partition coefficient (Wildman–Crippen LogP) is 1.18. The van der Waals surface area contributed by atoms with Crippen LogP contribution in [-0.2, 0) is 0 Å². The van der Waals surface area contributed by atoms with Crippen LogP contribution in [0.4, 0.5) is 5.69 Å². The molecule has 0 aliphatic heterocycles. The minimum absolute atomic E-state index is 0.371. The lowest BCUT2D eigenvalue weighted by Crippen LogP contribution is -2.19. The van der Waals surface area contributed by atoms with Crippen molar-refractivity contribution >= 4 is 11.6 Å². The molecule has 2 rings (SSSR count). The van der Waals surface area contributed by atoms with Crippen molar-refractivity contribution < 1.29 is 4.79 Å². The summed E-state index contributed by atoms with van der Waals surface area (Å²) in [6, 6.07) is 1.82. The van der Waals surface area contributed by atoms with Crippen LogP contribution in [0.5, 0.6) is 0 Å². The highest BCUT2D eigenvalue weighted by Crippen LogP contribution is 2.23. The van der Waals surface area contributed by atoms with Crippen LogP contribution < -0.4 is 11.5 Å². The Balaban J connectivity index is 2.81. The van der Waals surface area contributed by atoms with Crippen molar-refractivity contribution in [3.63, 3.8) is 0 Å². The summed E-state index contributed by atoms with van der Waals surface area (Å²) in [4.78, 5) is 16.0. The molecule has 4 N–H and O–H groups in total. The van der Waals surface area contributed by atoms with E-state index in [1.165, 1.54) is 0 Å². The molecule has 0 unspecified atom stereocenters. The number of carbonyl (C=O) groups excluding carboxylic acids is 1. The maximum atomic E-state index is 11.6. The van der Waals surface area contributed by atoms with E-state index >= 15 is 0 Å². The number of amides is 1. The molecule has 0 spiro atoms. The summed E-state index contributed by atoms with van der Waals surface area (Å²) in [6.45, 7) is 7.33. The summed E-state index contributed by atoms with van der Waals surface area (Å²) < 4.78 is 1.57. The van der Waals surface area contributed by atoms with E-state index in [1.807, 2.05) is 33.8 Å². The third-order valence-electron chi connectivity index (χ3n) is 3.12. The molecule has 0 aliphatic carbocycles. The smallest absolute Gasteiger partial charge is 0.252 e. The van der Waals surface area contributed by atoms with Crippen LogP contribution in [0.25, 0.3) is 5.82 Å². The van der Waals surface area contributed by atoms with E-state index in [9.17, 15) is 4.79 Å². The Hall–Kier alpha value is -2.37. The van der Waals surface area contributed by atoms with E-state index in [2.05, 4.69) is 10.1 Å². The van der Waals surface area contributed by atoms with Gasteiger partial charge >= 0.3 is 0 Å². The first-order chi connectivity index (χ1) is 8.82. The fourth-order valence-corrected chi connectivity index (χ4v) is 2.14. The molecular weight excluding hydrogens is 242 g/mol. The highest BCUT2D eigenvalue weighted by molar-refractivity contribution is 5.97. The maximum Gasteiger partial charge on any atom is 0.252 e. The number of nitrogen functional groups attached to an aromatic ring is 1. The summed E-state index contributed by atoms with van der Waals surface area (Å²) >= 11 is 0. The van der Waals surface area contributed by atoms with Crippen molar-refractivity contribution in [2.45, 2.75) is 27.7 Å². The van der Waals surface area contributed by atoms with Crippen molar-refractivity contribution in [1.82, 2.24) is 14.8 Å². The number of aromatic nitrogens is 3. The van der Waals surface area contributed by atoms with Crippen LogP contribution in [-0.4, -0.2) is 20.7 Å². The standard InChI is InChI=1S/C13H17N5O/c1-6-5-7(2)16-13(10(6)12(15)19)18-9(4)11(14)8(3)17-18/h5H,14H2,1-4H3,(H2,15,19). The Morgan fingerprint density at radius 3 is 2.37 bits per heavy atom. The van der Waals surface area contributed by atoms with Gasteiger partial charge in [-0.2, -0.15) is 5.10 Å². The van der Waals surface area contributed by atoms with E-state index in [0.29, 0.717) is 22.8 Å². The molecule has 0 fully saturated rings. The first-order valence-corrected chi connectivity index (χ1v) is 5.93. The molecule has 2 heterocycles. The summed E-state index contributed by atoms with van der Waals surface area (Å²) in [6.07, 6.45) is 0. The van der Waals surface area contributed by atoms with Crippen LogP contribution in [0.3, 0.4) is 0 Å². The largest absolute Gasteiger partial charge is 0.396 e. The van der Waals surface area contributed by atoms with Gasteiger partial charge in [0.25, 0.3) is 5.91 Å². The van der Waals surface area contributed by atoms with Crippen molar-refractivity contribution in [2.75, 3.05) is 5.73 Å². The van der Waals surface area contributed by atoms with Gasteiger partial charge in [-0.1, -0.05) is 0 Å². The van der Waals surface area contributed by atoms with Crippen molar-refractivity contribution in [3.05, 3.63) is 34.3 Å². The zero-order valence-electron chi connectivity index (χ0n) is 11.5. The van der Waals surface area contributed by atoms with Crippen molar-refractivity contribution in [2.24, 2.45) is 5.73 Å². The van der Waals surface area contributed by atoms with Gasteiger partial charge in [0.1, 0.15) is 0 Å². The number of hydrogen-bond acceptors (Lipinski definition) is 4. The summed E-state index contributed by atoms with van der Waals surface area (Å²) in [7, 11) is 0. The molecule has 100 valence electrons. The molecule has 0 radical (unpaired) electrons. The number of nitrogens with zero attached hydrogens (tertiary/aromatic N) is 3. The summed E-state index contributed by atoms with van der Waals surface area (Å²) in [5, 5.41) is 4.33. The number of nitrogens with two attached hydrogens (primary N) is 2. The van der Waals surface area contributed by atoms with Gasteiger partial charge in [-0.25, -0.2) is 9.67 Å². The van der Waals surface area contributed by atoms with Crippen LogP contribution in [0, 0.1) is 27.7 Å². The SMILES string of the molecule is Cc1cc(C)c(C(N)=O)c(-n2nc(C)c(N)c2C)n1. The highest BCUT2D eigenvalue weighted by Gasteiger charge is 2.19. The van der Waals surface area contributed by atoms with Gasteiger partial charge < -0.3 is 11.5 Å².